The van der Waals surface area contributed by atoms with E-state index in [0.717, 1.165) is 22.3 Å². The summed E-state index contributed by atoms with van der Waals surface area (Å²) in [6, 6.07) is 17.4. The first-order chi connectivity index (χ1) is 9.79. The van der Waals surface area contributed by atoms with Gasteiger partial charge < -0.3 is 15.8 Å². The fourth-order valence-corrected chi connectivity index (χ4v) is 2.32. The van der Waals surface area contributed by atoms with E-state index >= 15 is 0 Å². The molecule has 3 N–H and O–H groups in total. The van der Waals surface area contributed by atoms with Crippen molar-refractivity contribution in [2.75, 3.05) is 11.1 Å². The van der Waals surface area contributed by atoms with Crippen LogP contribution in [-0.4, -0.2) is 4.98 Å². The van der Waals surface area contributed by atoms with Gasteiger partial charge in [-0.05, 0) is 36.4 Å². The Labute approximate surface area is 120 Å². The van der Waals surface area contributed by atoms with Crippen LogP contribution < -0.4 is 15.8 Å². The fourth-order valence-electron chi connectivity index (χ4n) is 1.70. The molecule has 4 nitrogen and oxygen atoms in total. The number of hydrogen-bond donors (Lipinski definition) is 2. The zero-order chi connectivity index (χ0) is 13.8. The summed E-state index contributed by atoms with van der Waals surface area (Å²) in [6.45, 7) is 0. The zero-order valence-electron chi connectivity index (χ0n) is 10.6. The summed E-state index contributed by atoms with van der Waals surface area (Å²) in [7, 11) is 0. The molecule has 0 aliphatic heterocycles. The molecule has 0 radical (unpaired) electrons. The molecule has 2 aromatic carbocycles. The Morgan fingerprint density at radius 1 is 0.950 bits per heavy atom. The van der Waals surface area contributed by atoms with Crippen LogP contribution in [0.3, 0.4) is 0 Å². The molecule has 0 unspecified atom stereocenters. The molecule has 3 rings (SSSR count). The number of rotatable bonds is 4. The highest BCUT2D eigenvalue weighted by atomic mass is 32.1. The number of nitrogens with two attached hydrogens (primary N) is 1. The van der Waals surface area contributed by atoms with Gasteiger partial charge in [0, 0.05) is 11.1 Å². The van der Waals surface area contributed by atoms with E-state index in [0.29, 0.717) is 5.82 Å². The Bertz CT molecular complexity index is 680. The summed E-state index contributed by atoms with van der Waals surface area (Å²) in [4.78, 5) is 4.15. The van der Waals surface area contributed by atoms with Crippen LogP contribution >= 0.6 is 11.3 Å². The number of nitrogens with zero attached hydrogens (tertiary/aromatic N) is 1. The van der Waals surface area contributed by atoms with E-state index in [9.17, 15) is 0 Å². The molecule has 20 heavy (non-hydrogen) atoms. The van der Waals surface area contributed by atoms with Gasteiger partial charge in [0.2, 0.25) is 0 Å². The third-order valence-corrected chi connectivity index (χ3v) is 3.38. The molecule has 5 heteroatoms. The van der Waals surface area contributed by atoms with Crippen molar-refractivity contribution in [1.29, 1.82) is 0 Å². The Balaban J connectivity index is 1.68. The molecule has 0 atom stereocenters. The standard InChI is InChI=1S/C15H13N3OS/c16-14-10-20-15(18-14)17-11-6-8-13(9-7-11)19-12-4-2-1-3-5-12/h1-10H,16H2,(H,17,18). The Kier molecular flexibility index (Phi) is 3.52. The van der Waals surface area contributed by atoms with E-state index in [-0.39, 0.29) is 0 Å². The van der Waals surface area contributed by atoms with Crippen LogP contribution in [0.2, 0.25) is 0 Å². The SMILES string of the molecule is Nc1csc(Nc2ccc(Oc3ccccc3)cc2)n1. The number of nitrogens with one attached hydrogen (secondary N) is 1. The van der Waals surface area contributed by atoms with Crippen molar-refractivity contribution in [3.05, 3.63) is 60.0 Å². The maximum absolute atomic E-state index is 5.73. The Hall–Kier alpha value is -2.53. The molecular weight excluding hydrogens is 270 g/mol. The van der Waals surface area contributed by atoms with E-state index in [1.54, 1.807) is 5.38 Å². The Morgan fingerprint density at radius 2 is 1.65 bits per heavy atom. The summed E-state index contributed by atoms with van der Waals surface area (Å²) in [5.41, 5.74) is 6.53. The van der Waals surface area contributed by atoms with Crippen molar-refractivity contribution in [3.8, 4) is 11.5 Å². The lowest BCUT2D eigenvalue weighted by Gasteiger charge is -2.07. The molecule has 1 aromatic heterocycles. The van der Waals surface area contributed by atoms with Crippen LogP contribution in [0.15, 0.2) is 60.0 Å². The van der Waals surface area contributed by atoms with Crippen LogP contribution in [0.25, 0.3) is 0 Å². The summed E-state index contributed by atoms with van der Waals surface area (Å²) >= 11 is 1.47. The quantitative estimate of drug-likeness (QED) is 0.751. The summed E-state index contributed by atoms with van der Waals surface area (Å²) < 4.78 is 5.73. The lowest BCUT2D eigenvalue weighted by molar-refractivity contribution is 0.483. The second-order valence-electron chi connectivity index (χ2n) is 4.14. The van der Waals surface area contributed by atoms with E-state index in [1.165, 1.54) is 11.3 Å². The normalized spacial score (nSPS) is 10.2. The summed E-state index contributed by atoms with van der Waals surface area (Å²) in [6.07, 6.45) is 0. The van der Waals surface area contributed by atoms with Crippen LogP contribution in [-0.2, 0) is 0 Å². The van der Waals surface area contributed by atoms with E-state index in [2.05, 4.69) is 10.3 Å². The van der Waals surface area contributed by atoms with Gasteiger partial charge in [-0.3, -0.25) is 0 Å². The molecule has 0 bridgehead atoms. The predicted molar refractivity (Wildman–Crippen MR) is 82.8 cm³/mol. The predicted octanol–water partition coefficient (Wildman–Crippen LogP) is 4.26. The number of anilines is 3. The molecule has 100 valence electrons. The number of thiazole rings is 1. The Morgan fingerprint density at radius 3 is 2.30 bits per heavy atom. The lowest BCUT2D eigenvalue weighted by atomic mass is 10.3. The molecule has 3 aromatic rings. The average Bonchev–Trinajstić information content (AvgIpc) is 2.88. The maximum atomic E-state index is 5.73. The second-order valence-corrected chi connectivity index (χ2v) is 5.00. The largest absolute Gasteiger partial charge is 0.457 e. The van der Waals surface area contributed by atoms with Gasteiger partial charge in [-0.1, -0.05) is 18.2 Å². The van der Waals surface area contributed by atoms with Gasteiger partial charge in [-0.15, -0.1) is 11.3 Å². The highest BCUT2D eigenvalue weighted by Crippen LogP contribution is 2.25. The first-order valence-corrected chi connectivity index (χ1v) is 6.98. The highest BCUT2D eigenvalue weighted by Gasteiger charge is 2.01. The minimum atomic E-state index is 0.529. The topological polar surface area (TPSA) is 60.2 Å². The second kappa shape index (κ2) is 5.63. The minimum Gasteiger partial charge on any atom is -0.457 e. The van der Waals surface area contributed by atoms with Crippen LogP contribution in [0, 0.1) is 0 Å². The molecule has 0 aliphatic rings. The average molecular weight is 283 g/mol. The first kappa shape index (κ1) is 12.5. The summed E-state index contributed by atoms with van der Waals surface area (Å²) in [5, 5.41) is 5.77. The molecule has 0 spiro atoms. The van der Waals surface area contributed by atoms with Gasteiger partial charge in [-0.25, -0.2) is 4.98 Å². The maximum Gasteiger partial charge on any atom is 0.189 e. The third-order valence-electron chi connectivity index (χ3n) is 2.61. The van der Waals surface area contributed by atoms with E-state index in [4.69, 9.17) is 10.5 Å². The number of ether oxygens (including phenoxy) is 1. The van der Waals surface area contributed by atoms with Gasteiger partial charge in [0.1, 0.15) is 17.3 Å². The van der Waals surface area contributed by atoms with Crippen molar-refractivity contribution in [2.45, 2.75) is 0 Å². The van der Waals surface area contributed by atoms with Gasteiger partial charge >= 0.3 is 0 Å². The van der Waals surface area contributed by atoms with Crippen LogP contribution in [0.5, 0.6) is 11.5 Å². The molecular formula is C15H13N3OS. The van der Waals surface area contributed by atoms with Crippen LogP contribution in [0.4, 0.5) is 16.6 Å². The molecule has 0 aliphatic carbocycles. The molecule has 0 amide bonds. The van der Waals surface area contributed by atoms with Crippen molar-refractivity contribution in [2.24, 2.45) is 0 Å². The lowest BCUT2D eigenvalue weighted by Crippen LogP contribution is -1.91. The number of benzene rings is 2. The number of para-hydroxylation sites is 1. The van der Waals surface area contributed by atoms with E-state index in [1.807, 2.05) is 54.6 Å². The molecule has 1 heterocycles. The number of aromatic nitrogens is 1. The first-order valence-electron chi connectivity index (χ1n) is 6.10. The number of hydrogen-bond acceptors (Lipinski definition) is 5. The van der Waals surface area contributed by atoms with Gasteiger partial charge in [0.05, 0.1) is 0 Å². The monoisotopic (exact) mass is 283 g/mol. The smallest absolute Gasteiger partial charge is 0.189 e. The van der Waals surface area contributed by atoms with Crippen LogP contribution in [0.1, 0.15) is 0 Å². The summed E-state index contributed by atoms with van der Waals surface area (Å²) in [5.74, 6) is 2.14. The molecule has 0 saturated carbocycles. The van der Waals surface area contributed by atoms with Crippen molar-refractivity contribution < 1.29 is 4.74 Å². The molecule has 0 saturated heterocycles. The number of nitrogen functional groups attached to an aromatic ring is 1. The van der Waals surface area contributed by atoms with Gasteiger partial charge in [-0.2, -0.15) is 0 Å². The van der Waals surface area contributed by atoms with Gasteiger partial charge in [0.25, 0.3) is 0 Å². The zero-order valence-corrected chi connectivity index (χ0v) is 11.4. The van der Waals surface area contributed by atoms with Gasteiger partial charge in [0.15, 0.2) is 5.13 Å². The van der Waals surface area contributed by atoms with Crippen molar-refractivity contribution >= 4 is 28.0 Å². The molecule has 0 fully saturated rings. The highest BCUT2D eigenvalue weighted by molar-refractivity contribution is 7.14. The van der Waals surface area contributed by atoms with Crippen molar-refractivity contribution in [1.82, 2.24) is 4.98 Å². The third kappa shape index (κ3) is 3.07. The van der Waals surface area contributed by atoms with E-state index < -0.39 is 0 Å². The minimum absolute atomic E-state index is 0.529. The van der Waals surface area contributed by atoms with Crippen molar-refractivity contribution in [3.63, 3.8) is 0 Å². The fraction of sp³-hybridized carbons (Fsp3) is 0.